The van der Waals surface area contributed by atoms with Crippen LogP contribution >= 0.6 is 23.8 Å². The summed E-state index contributed by atoms with van der Waals surface area (Å²) in [5.41, 5.74) is 3.00. The molecule has 0 bridgehead atoms. The molecule has 0 saturated carbocycles. The third-order valence-corrected chi connectivity index (χ3v) is 3.28. The van der Waals surface area contributed by atoms with Gasteiger partial charge in [0.05, 0.1) is 10.8 Å². The van der Waals surface area contributed by atoms with Gasteiger partial charge in [-0.2, -0.15) is 4.99 Å². The number of rotatable bonds is 5. The van der Waals surface area contributed by atoms with E-state index < -0.39 is 0 Å². The summed E-state index contributed by atoms with van der Waals surface area (Å²) in [6.07, 6.45) is 1.65. The Morgan fingerprint density at radius 2 is 1.86 bits per heavy atom. The third kappa shape index (κ3) is 3.85. The Labute approximate surface area is 133 Å². The van der Waals surface area contributed by atoms with E-state index >= 15 is 0 Å². The summed E-state index contributed by atoms with van der Waals surface area (Å²) in [4.78, 5) is 4.17. The van der Waals surface area contributed by atoms with Gasteiger partial charge in [-0.25, -0.2) is 0 Å². The van der Waals surface area contributed by atoms with Crippen LogP contribution in [0.4, 0.5) is 5.69 Å². The number of halogens is 1. The normalized spacial score (nSPS) is 10.0. The first kappa shape index (κ1) is 15.6. The zero-order valence-electron chi connectivity index (χ0n) is 11.8. The summed E-state index contributed by atoms with van der Waals surface area (Å²) >= 11 is 10.4. The molecular weight excluding hydrogens is 306 g/mol. The van der Waals surface area contributed by atoms with Crippen LogP contribution < -0.4 is 4.74 Å². The molecule has 0 saturated heterocycles. The molecule has 108 valence electrons. The van der Waals surface area contributed by atoms with Crippen LogP contribution in [0.25, 0.3) is 0 Å². The van der Waals surface area contributed by atoms with Crippen molar-refractivity contribution in [3.63, 3.8) is 0 Å². The molecule has 0 aliphatic carbocycles. The Hall–Kier alpha value is -1.81. The first-order valence-electron chi connectivity index (χ1n) is 6.58. The van der Waals surface area contributed by atoms with Gasteiger partial charge in [0.1, 0.15) is 5.75 Å². The molecule has 2 rings (SSSR count). The van der Waals surface area contributed by atoms with Crippen LogP contribution in [-0.4, -0.2) is 15.4 Å². The zero-order chi connectivity index (χ0) is 15.2. The van der Waals surface area contributed by atoms with Gasteiger partial charge in [-0.05, 0) is 54.4 Å². The van der Waals surface area contributed by atoms with Crippen LogP contribution in [0.2, 0.25) is 5.15 Å². The van der Waals surface area contributed by atoms with Crippen molar-refractivity contribution >= 4 is 34.7 Å². The molecule has 0 atom stereocenters. The molecule has 0 amide bonds. The summed E-state index contributed by atoms with van der Waals surface area (Å²) in [5.74, 6) is 1.10. The summed E-state index contributed by atoms with van der Waals surface area (Å²) in [5, 5.41) is 10.4. The van der Waals surface area contributed by atoms with Gasteiger partial charge in [0, 0.05) is 6.07 Å². The largest absolute Gasteiger partial charge is 0.438 e. The highest BCUT2D eigenvalue weighted by Crippen LogP contribution is 2.32. The van der Waals surface area contributed by atoms with Crippen molar-refractivity contribution in [2.24, 2.45) is 4.99 Å². The lowest BCUT2D eigenvalue weighted by molar-refractivity contribution is 0.454. The Bertz CT molecular complexity index is 657. The smallest absolute Gasteiger partial charge is 0.238 e. The monoisotopic (exact) mass is 319 g/mol. The molecule has 1 aromatic heterocycles. The number of ether oxygens (including phenoxy) is 1. The van der Waals surface area contributed by atoms with Gasteiger partial charge in [0.15, 0.2) is 5.15 Å². The SMILES string of the molecule is CCc1cc(Oc2ccc(Cl)nn2)cc(CC)c1N=C=S. The van der Waals surface area contributed by atoms with Gasteiger partial charge in [0.25, 0.3) is 0 Å². The van der Waals surface area contributed by atoms with E-state index in [4.69, 9.17) is 28.6 Å². The van der Waals surface area contributed by atoms with E-state index in [-0.39, 0.29) is 0 Å². The van der Waals surface area contributed by atoms with Crippen LogP contribution in [-0.2, 0) is 12.8 Å². The Morgan fingerprint density at radius 3 is 2.33 bits per heavy atom. The van der Waals surface area contributed by atoms with Crippen molar-refractivity contribution in [3.05, 3.63) is 40.5 Å². The lowest BCUT2D eigenvalue weighted by Crippen LogP contribution is -1.94. The molecular formula is C15H14ClN3OS. The summed E-state index contributed by atoms with van der Waals surface area (Å²) < 4.78 is 5.73. The topological polar surface area (TPSA) is 47.4 Å². The van der Waals surface area contributed by atoms with E-state index in [1.807, 2.05) is 12.1 Å². The lowest BCUT2D eigenvalue weighted by Gasteiger charge is -2.12. The molecule has 4 nitrogen and oxygen atoms in total. The van der Waals surface area contributed by atoms with Crippen LogP contribution in [0, 0.1) is 0 Å². The predicted octanol–water partition coefficient (Wildman–Crippen LogP) is 4.78. The van der Waals surface area contributed by atoms with Gasteiger partial charge in [-0.15, -0.1) is 10.2 Å². The number of thiocarbonyl (C=S) groups is 1. The van der Waals surface area contributed by atoms with Crippen molar-refractivity contribution in [3.8, 4) is 11.6 Å². The minimum atomic E-state index is 0.330. The van der Waals surface area contributed by atoms with Gasteiger partial charge in [0.2, 0.25) is 5.88 Å². The second kappa shape index (κ2) is 7.27. The van der Waals surface area contributed by atoms with Crippen LogP contribution in [0.1, 0.15) is 25.0 Å². The average Bonchev–Trinajstić information content (AvgIpc) is 2.50. The maximum absolute atomic E-state index is 5.73. The number of hydrogen-bond donors (Lipinski definition) is 0. The Morgan fingerprint density at radius 1 is 1.19 bits per heavy atom. The van der Waals surface area contributed by atoms with Gasteiger partial charge >= 0.3 is 0 Å². The quantitative estimate of drug-likeness (QED) is 0.587. The van der Waals surface area contributed by atoms with Crippen molar-refractivity contribution < 1.29 is 4.74 Å². The first-order chi connectivity index (χ1) is 10.2. The van der Waals surface area contributed by atoms with Crippen LogP contribution in [0.3, 0.4) is 0 Å². The Balaban J connectivity index is 2.40. The van der Waals surface area contributed by atoms with E-state index in [0.717, 1.165) is 29.7 Å². The maximum Gasteiger partial charge on any atom is 0.238 e. The number of hydrogen-bond acceptors (Lipinski definition) is 5. The molecule has 1 aromatic carbocycles. The molecule has 21 heavy (non-hydrogen) atoms. The summed E-state index contributed by atoms with van der Waals surface area (Å²) in [6.45, 7) is 4.12. The minimum Gasteiger partial charge on any atom is -0.438 e. The highest BCUT2D eigenvalue weighted by molar-refractivity contribution is 7.78. The summed E-state index contributed by atoms with van der Waals surface area (Å²) in [7, 11) is 0. The van der Waals surface area contributed by atoms with E-state index in [1.54, 1.807) is 12.1 Å². The molecule has 6 heteroatoms. The lowest BCUT2D eigenvalue weighted by atomic mass is 10.0. The van der Waals surface area contributed by atoms with E-state index in [0.29, 0.717) is 16.8 Å². The highest BCUT2D eigenvalue weighted by Gasteiger charge is 2.10. The number of aryl methyl sites for hydroxylation is 2. The molecule has 0 aliphatic rings. The van der Waals surface area contributed by atoms with E-state index in [2.05, 4.69) is 34.2 Å². The van der Waals surface area contributed by atoms with Crippen molar-refractivity contribution in [1.82, 2.24) is 10.2 Å². The zero-order valence-corrected chi connectivity index (χ0v) is 13.3. The molecule has 1 heterocycles. The number of nitrogens with zero attached hydrogens (tertiary/aromatic N) is 3. The van der Waals surface area contributed by atoms with Crippen molar-refractivity contribution in [2.45, 2.75) is 26.7 Å². The standard InChI is InChI=1S/C15H14ClN3OS/c1-3-10-7-12(8-11(4-2)15(10)17-9-21)20-14-6-5-13(16)18-19-14/h5-8H,3-4H2,1-2H3. The second-order valence-electron chi connectivity index (χ2n) is 4.30. The van der Waals surface area contributed by atoms with Crippen molar-refractivity contribution in [2.75, 3.05) is 0 Å². The third-order valence-electron chi connectivity index (χ3n) is 2.99. The number of aromatic nitrogens is 2. The molecule has 0 N–H and O–H groups in total. The van der Waals surface area contributed by atoms with Gasteiger partial charge < -0.3 is 4.74 Å². The fourth-order valence-electron chi connectivity index (χ4n) is 1.99. The first-order valence-corrected chi connectivity index (χ1v) is 7.37. The number of benzene rings is 1. The predicted molar refractivity (Wildman–Crippen MR) is 87.0 cm³/mol. The second-order valence-corrected chi connectivity index (χ2v) is 4.87. The molecule has 2 aromatic rings. The van der Waals surface area contributed by atoms with Crippen LogP contribution in [0.15, 0.2) is 29.3 Å². The Kier molecular flexibility index (Phi) is 5.39. The average molecular weight is 320 g/mol. The molecule has 0 fully saturated rings. The summed E-state index contributed by atoms with van der Waals surface area (Å²) in [6, 6.07) is 7.17. The maximum atomic E-state index is 5.73. The van der Waals surface area contributed by atoms with E-state index in [9.17, 15) is 0 Å². The molecule has 0 aliphatic heterocycles. The van der Waals surface area contributed by atoms with Gasteiger partial charge in [-0.3, -0.25) is 0 Å². The molecule has 0 spiro atoms. The fourth-order valence-corrected chi connectivity index (χ4v) is 2.19. The molecule has 0 unspecified atom stereocenters. The van der Waals surface area contributed by atoms with Gasteiger partial charge in [-0.1, -0.05) is 25.4 Å². The minimum absolute atomic E-state index is 0.330. The fraction of sp³-hybridized carbons (Fsp3) is 0.267. The molecule has 0 radical (unpaired) electrons. The number of aliphatic imine (C=N–C) groups is 1. The number of isothiocyanates is 1. The highest BCUT2D eigenvalue weighted by atomic mass is 35.5. The van der Waals surface area contributed by atoms with Crippen molar-refractivity contribution in [1.29, 1.82) is 0 Å². The van der Waals surface area contributed by atoms with Crippen LogP contribution in [0.5, 0.6) is 11.6 Å². The van der Waals surface area contributed by atoms with E-state index in [1.165, 1.54) is 0 Å².